The summed E-state index contributed by atoms with van der Waals surface area (Å²) < 4.78 is 23.4. The van der Waals surface area contributed by atoms with Gasteiger partial charge < -0.3 is 10.2 Å². The summed E-state index contributed by atoms with van der Waals surface area (Å²) in [6, 6.07) is 13.3. The molecule has 2 aromatic carbocycles. The van der Waals surface area contributed by atoms with Gasteiger partial charge in [-0.15, -0.1) is 0 Å². The number of sulfone groups is 1. The molecule has 2 aromatic rings. The van der Waals surface area contributed by atoms with Crippen molar-refractivity contribution in [3.63, 3.8) is 0 Å². The number of anilines is 1. The zero-order valence-electron chi connectivity index (χ0n) is 15.0. The molecular weight excluding hydrogens is 364 g/mol. The van der Waals surface area contributed by atoms with Gasteiger partial charge >= 0.3 is 0 Å². The largest absolute Gasteiger partial charge is 0.326 e. The first-order valence-electron chi connectivity index (χ1n) is 8.42. The molecule has 0 aromatic heterocycles. The van der Waals surface area contributed by atoms with Crippen molar-refractivity contribution in [2.75, 3.05) is 11.6 Å². The second kappa shape index (κ2) is 7.36. The highest BCUT2D eigenvalue weighted by Gasteiger charge is 2.28. The summed E-state index contributed by atoms with van der Waals surface area (Å²) >= 11 is 0. The normalized spacial score (nSPS) is 15.9. The molecule has 0 spiro atoms. The minimum Gasteiger partial charge on any atom is -0.326 e. The molecule has 1 atom stereocenters. The van der Waals surface area contributed by atoms with Crippen LogP contribution in [-0.2, 0) is 19.4 Å². The van der Waals surface area contributed by atoms with Crippen LogP contribution in [0.2, 0.25) is 0 Å². The van der Waals surface area contributed by atoms with Crippen LogP contribution in [0.3, 0.4) is 0 Å². The van der Waals surface area contributed by atoms with Crippen LogP contribution in [0.4, 0.5) is 5.69 Å². The van der Waals surface area contributed by atoms with Crippen molar-refractivity contribution >= 4 is 33.4 Å². The molecule has 1 aliphatic heterocycles. The van der Waals surface area contributed by atoms with Crippen molar-refractivity contribution in [1.82, 2.24) is 4.90 Å². The Labute approximate surface area is 158 Å². The van der Waals surface area contributed by atoms with E-state index in [1.165, 1.54) is 24.0 Å². The molecule has 0 aliphatic carbocycles. The smallest absolute Gasteiger partial charge is 0.226 e. The highest BCUT2D eigenvalue weighted by molar-refractivity contribution is 7.90. The summed E-state index contributed by atoms with van der Waals surface area (Å²) in [5.74, 6) is -0.459. The van der Waals surface area contributed by atoms with Crippen LogP contribution < -0.4 is 5.32 Å². The van der Waals surface area contributed by atoms with E-state index >= 15 is 0 Å². The summed E-state index contributed by atoms with van der Waals surface area (Å²) in [5, 5.41) is 2.73. The molecule has 2 amide bonds. The van der Waals surface area contributed by atoms with Gasteiger partial charge in [0.1, 0.15) is 0 Å². The molecule has 6 nitrogen and oxygen atoms in total. The Morgan fingerprint density at radius 3 is 2.56 bits per heavy atom. The first-order chi connectivity index (χ1) is 12.8. The van der Waals surface area contributed by atoms with Crippen LogP contribution in [0, 0.1) is 0 Å². The summed E-state index contributed by atoms with van der Waals surface area (Å²) in [7, 11) is -3.36. The summed E-state index contributed by atoms with van der Waals surface area (Å²) in [6.07, 6.45) is 4.71. The van der Waals surface area contributed by atoms with E-state index in [0.29, 0.717) is 5.69 Å². The fourth-order valence-corrected chi connectivity index (χ4v) is 3.77. The lowest BCUT2D eigenvalue weighted by atomic mass is 9.93. The van der Waals surface area contributed by atoms with E-state index in [9.17, 15) is 18.0 Å². The number of carbonyl (C=O) groups is 2. The number of rotatable bonds is 4. The molecule has 1 N–H and O–H groups in total. The fourth-order valence-electron chi connectivity index (χ4n) is 3.11. The first-order valence-corrected chi connectivity index (χ1v) is 10.3. The van der Waals surface area contributed by atoms with Gasteiger partial charge in [0.15, 0.2) is 9.84 Å². The molecule has 0 saturated heterocycles. The maximum Gasteiger partial charge on any atom is 0.226 e. The quantitative estimate of drug-likeness (QED) is 0.878. The topological polar surface area (TPSA) is 83.6 Å². The van der Waals surface area contributed by atoms with Crippen molar-refractivity contribution in [3.8, 4) is 0 Å². The number of hydrogen-bond acceptors (Lipinski definition) is 4. The standard InChI is InChI=1S/C20H20N2O4S/c1-14(23)22-11-10-15-6-3-4-9-18(15)19(22)13-20(24)21-16-7-5-8-17(12-16)27(2,25)26/h3-12,19H,13H2,1-2H3,(H,21,24)/t19-/m0/s1. The Hall–Kier alpha value is -2.93. The second-order valence-corrected chi connectivity index (χ2v) is 8.45. The fraction of sp³-hybridized carbons (Fsp3) is 0.200. The number of nitrogens with zero attached hydrogens (tertiary/aromatic N) is 1. The minimum absolute atomic E-state index is 0.0596. The zero-order valence-corrected chi connectivity index (χ0v) is 15.9. The van der Waals surface area contributed by atoms with E-state index in [0.717, 1.165) is 17.4 Å². The SMILES string of the molecule is CC(=O)N1C=Cc2ccccc2[C@@H]1CC(=O)Nc1cccc(S(C)(=O)=O)c1. The molecular formula is C20H20N2O4S. The number of fused-ring (bicyclic) bond motifs is 1. The second-order valence-electron chi connectivity index (χ2n) is 6.44. The summed E-state index contributed by atoms with van der Waals surface area (Å²) in [6.45, 7) is 1.46. The monoisotopic (exact) mass is 384 g/mol. The van der Waals surface area contributed by atoms with E-state index in [1.54, 1.807) is 18.3 Å². The summed E-state index contributed by atoms with van der Waals surface area (Å²) in [4.78, 5) is 26.3. The van der Waals surface area contributed by atoms with E-state index in [2.05, 4.69) is 5.32 Å². The lowest BCUT2D eigenvalue weighted by molar-refractivity contribution is -0.129. The number of nitrogens with one attached hydrogen (secondary N) is 1. The van der Waals surface area contributed by atoms with E-state index < -0.39 is 15.9 Å². The molecule has 0 unspecified atom stereocenters. The highest BCUT2D eigenvalue weighted by atomic mass is 32.2. The third-order valence-corrected chi connectivity index (χ3v) is 5.50. The van der Waals surface area contributed by atoms with Gasteiger partial charge in [0.2, 0.25) is 11.8 Å². The third kappa shape index (κ3) is 4.25. The predicted octanol–water partition coefficient (Wildman–Crippen LogP) is 2.99. The van der Waals surface area contributed by atoms with Crippen LogP contribution >= 0.6 is 0 Å². The average Bonchev–Trinajstić information content (AvgIpc) is 2.61. The summed E-state index contributed by atoms with van der Waals surface area (Å²) in [5.41, 5.74) is 2.26. The molecule has 0 fully saturated rings. The van der Waals surface area contributed by atoms with Gasteiger partial charge in [-0.25, -0.2) is 8.42 Å². The van der Waals surface area contributed by atoms with Gasteiger partial charge in [0.25, 0.3) is 0 Å². The van der Waals surface area contributed by atoms with Gasteiger partial charge in [-0.1, -0.05) is 30.3 Å². The number of hydrogen-bond donors (Lipinski definition) is 1. The van der Waals surface area contributed by atoms with Gasteiger partial charge in [-0.3, -0.25) is 9.59 Å². The van der Waals surface area contributed by atoms with Crippen molar-refractivity contribution in [3.05, 3.63) is 65.9 Å². The van der Waals surface area contributed by atoms with Crippen molar-refractivity contribution < 1.29 is 18.0 Å². The maximum absolute atomic E-state index is 12.6. The highest BCUT2D eigenvalue weighted by Crippen LogP contribution is 2.33. The van der Waals surface area contributed by atoms with Crippen molar-refractivity contribution in [2.45, 2.75) is 24.3 Å². The molecule has 0 saturated carbocycles. The molecule has 140 valence electrons. The van der Waals surface area contributed by atoms with Gasteiger partial charge in [-0.2, -0.15) is 0 Å². The van der Waals surface area contributed by atoms with Crippen LogP contribution in [-0.4, -0.2) is 31.4 Å². The lowest BCUT2D eigenvalue weighted by Gasteiger charge is -2.32. The third-order valence-electron chi connectivity index (χ3n) is 4.39. The van der Waals surface area contributed by atoms with Crippen LogP contribution in [0.5, 0.6) is 0 Å². The molecule has 27 heavy (non-hydrogen) atoms. The number of carbonyl (C=O) groups excluding carboxylic acids is 2. The van der Waals surface area contributed by atoms with E-state index in [4.69, 9.17) is 0 Å². The Bertz CT molecular complexity index is 1030. The van der Waals surface area contributed by atoms with Crippen molar-refractivity contribution in [2.24, 2.45) is 0 Å². The Morgan fingerprint density at radius 1 is 1.11 bits per heavy atom. The van der Waals surface area contributed by atoms with Gasteiger partial charge in [0.05, 0.1) is 17.4 Å². The molecule has 0 bridgehead atoms. The Balaban J connectivity index is 1.82. The van der Waals surface area contributed by atoms with Crippen LogP contribution in [0.1, 0.15) is 30.5 Å². The van der Waals surface area contributed by atoms with Gasteiger partial charge in [0, 0.05) is 25.1 Å². The minimum atomic E-state index is -3.36. The number of benzene rings is 2. The Morgan fingerprint density at radius 2 is 1.85 bits per heavy atom. The van der Waals surface area contributed by atoms with Crippen LogP contribution in [0.25, 0.3) is 6.08 Å². The van der Waals surface area contributed by atoms with E-state index in [-0.39, 0.29) is 23.1 Å². The molecule has 7 heteroatoms. The molecule has 3 rings (SSSR count). The van der Waals surface area contributed by atoms with Crippen molar-refractivity contribution in [1.29, 1.82) is 0 Å². The van der Waals surface area contributed by atoms with Crippen LogP contribution in [0.15, 0.2) is 59.6 Å². The first kappa shape index (κ1) is 18.8. The predicted molar refractivity (Wildman–Crippen MR) is 104 cm³/mol. The molecule has 0 radical (unpaired) electrons. The Kier molecular flexibility index (Phi) is 5.14. The molecule has 1 aliphatic rings. The van der Waals surface area contributed by atoms with Gasteiger partial charge in [-0.05, 0) is 35.4 Å². The number of amides is 2. The molecule has 1 heterocycles. The maximum atomic E-state index is 12.6. The lowest BCUT2D eigenvalue weighted by Crippen LogP contribution is -2.33. The van der Waals surface area contributed by atoms with E-state index in [1.807, 2.05) is 30.3 Å². The average molecular weight is 384 g/mol. The zero-order chi connectivity index (χ0) is 19.6.